The quantitative estimate of drug-likeness (QED) is 0.808. The van der Waals surface area contributed by atoms with Gasteiger partial charge in [0, 0.05) is 18.7 Å². The number of nitrogens with one attached hydrogen (secondary N) is 1. The molecule has 3 N–H and O–H groups in total. The van der Waals surface area contributed by atoms with Gasteiger partial charge in [-0.1, -0.05) is 29.8 Å². The molecule has 1 saturated heterocycles. The summed E-state index contributed by atoms with van der Waals surface area (Å²) in [7, 11) is 0. The SMILES string of the molecule is Cc1ccc(C(=O)N2CCCC(C(=O)Nc3ccccc3N)C2)cc1.Cl. The molecule has 2 aromatic carbocycles. The van der Waals surface area contributed by atoms with Crippen LogP contribution in [0.1, 0.15) is 28.8 Å². The molecule has 1 unspecified atom stereocenters. The molecule has 0 spiro atoms. The Bertz CT molecular complexity index is 777. The lowest BCUT2D eigenvalue weighted by atomic mass is 9.96. The number of nitrogen functional groups attached to an aromatic ring is 1. The van der Waals surface area contributed by atoms with Gasteiger partial charge in [0.05, 0.1) is 17.3 Å². The maximum absolute atomic E-state index is 12.7. The molecule has 2 aromatic rings. The fourth-order valence-electron chi connectivity index (χ4n) is 3.10. The summed E-state index contributed by atoms with van der Waals surface area (Å²) in [5.41, 5.74) is 8.83. The van der Waals surface area contributed by atoms with Crippen LogP contribution in [0.3, 0.4) is 0 Å². The van der Waals surface area contributed by atoms with E-state index in [1.165, 1.54) is 0 Å². The molecule has 0 aromatic heterocycles. The van der Waals surface area contributed by atoms with E-state index in [9.17, 15) is 9.59 Å². The second kappa shape index (κ2) is 8.72. The number of rotatable bonds is 3. The minimum atomic E-state index is -0.220. The summed E-state index contributed by atoms with van der Waals surface area (Å²) in [5.74, 6) is -0.321. The van der Waals surface area contributed by atoms with Crippen molar-refractivity contribution < 1.29 is 9.59 Å². The Morgan fingerprint density at radius 2 is 1.81 bits per heavy atom. The van der Waals surface area contributed by atoms with Gasteiger partial charge in [-0.2, -0.15) is 0 Å². The van der Waals surface area contributed by atoms with Gasteiger partial charge >= 0.3 is 0 Å². The van der Waals surface area contributed by atoms with Crippen molar-refractivity contribution in [2.24, 2.45) is 5.92 Å². The summed E-state index contributed by atoms with van der Waals surface area (Å²) < 4.78 is 0. The highest BCUT2D eigenvalue weighted by molar-refractivity contribution is 5.97. The number of likely N-dealkylation sites (tertiary alicyclic amines) is 1. The van der Waals surface area contributed by atoms with Gasteiger partial charge in [-0.3, -0.25) is 9.59 Å². The molecular formula is C20H24ClN3O2. The molecular weight excluding hydrogens is 350 g/mol. The number of amides is 2. The Labute approximate surface area is 160 Å². The second-order valence-electron chi connectivity index (χ2n) is 6.53. The first-order valence-corrected chi connectivity index (χ1v) is 8.56. The van der Waals surface area contributed by atoms with Crippen LogP contribution in [0.5, 0.6) is 0 Å². The van der Waals surface area contributed by atoms with Crippen molar-refractivity contribution in [3.8, 4) is 0 Å². The zero-order chi connectivity index (χ0) is 17.8. The van der Waals surface area contributed by atoms with E-state index in [1.54, 1.807) is 17.0 Å². The molecule has 1 heterocycles. The van der Waals surface area contributed by atoms with E-state index < -0.39 is 0 Å². The highest BCUT2D eigenvalue weighted by Gasteiger charge is 2.29. The van der Waals surface area contributed by atoms with Crippen molar-refractivity contribution in [1.29, 1.82) is 0 Å². The van der Waals surface area contributed by atoms with Crippen LogP contribution >= 0.6 is 12.4 Å². The highest BCUT2D eigenvalue weighted by atomic mass is 35.5. The van der Waals surface area contributed by atoms with Crippen LogP contribution in [-0.4, -0.2) is 29.8 Å². The fraction of sp³-hybridized carbons (Fsp3) is 0.300. The Hall–Kier alpha value is -2.53. The average molecular weight is 374 g/mol. The number of piperidine rings is 1. The Kier molecular flexibility index (Phi) is 6.64. The summed E-state index contributed by atoms with van der Waals surface area (Å²) in [6.45, 7) is 3.11. The number of nitrogens with two attached hydrogens (primary N) is 1. The molecule has 3 rings (SSSR count). The van der Waals surface area contributed by atoms with Crippen molar-refractivity contribution in [3.05, 3.63) is 59.7 Å². The summed E-state index contributed by atoms with van der Waals surface area (Å²) in [6.07, 6.45) is 1.59. The predicted molar refractivity (Wildman–Crippen MR) is 107 cm³/mol. The third kappa shape index (κ3) is 4.55. The third-order valence-electron chi connectivity index (χ3n) is 4.60. The number of hydrogen-bond acceptors (Lipinski definition) is 3. The molecule has 0 saturated carbocycles. The maximum Gasteiger partial charge on any atom is 0.253 e. The van der Waals surface area contributed by atoms with Crippen molar-refractivity contribution in [2.45, 2.75) is 19.8 Å². The molecule has 1 aliphatic heterocycles. The van der Waals surface area contributed by atoms with Crippen molar-refractivity contribution in [3.63, 3.8) is 0 Å². The van der Waals surface area contributed by atoms with E-state index in [-0.39, 0.29) is 30.1 Å². The van der Waals surface area contributed by atoms with E-state index in [1.807, 2.05) is 43.3 Å². The molecule has 2 amide bonds. The molecule has 0 bridgehead atoms. The average Bonchev–Trinajstić information content (AvgIpc) is 2.64. The maximum atomic E-state index is 12.7. The number of benzene rings is 2. The molecule has 6 heteroatoms. The van der Waals surface area contributed by atoms with Gasteiger partial charge in [0.15, 0.2) is 0 Å². The molecule has 26 heavy (non-hydrogen) atoms. The van der Waals surface area contributed by atoms with Crippen LogP contribution in [-0.2, 0) is 4.79 Å². The molecule has 1 aliphatic rings. The topological polar surface area (TPSA) is 75.4 Å². The molecule has 138 valence electrons. The van der Waals surface area contributed by atoms with Crippen LogP contribution in [0.4, 0.5) is 11.4 Å². The van der Waals surface area contributed by atoms with Crippen LogP contribution < -0.4 is 11.1 Å². The van der Waals surface area contributed by atoms with Crippen LogP contribution in [0.2, 0.25) is 0 Å². The summed E-state index contributed by atoms with van der Waals surface area (Å²) >= 11 is 0. The Morgan fingerprint density at radius 3 is 2.50 bits per heavy atom. The Balaban J connectivity index is 0.00000243. The molecule has 5 nitrogen and oxygen atoms in total. The van der Waals surface area contributed by atoms with Gasteiger partial charge in [0.2, 0.25) is 5.91 Å². The largest absolute Gasteiger partial charge is 0.397 e. The zero-order valence-corrected chi connectivity index (χ0v) is 15.6. The van der Waals surface area contributed by atoms with Crippen LogP contribution in [0.25, 0.3) is 0 Å². The fourth-order valence-corrected chi connectivity index (χ4v) is 3.10. The lowest BCUT2D eigenvalue weighted by Gasteiger charge is -2.32. The monoisotopic (exact) mass is 373 g/mol. The first-order valence-electron chi connectivity index (χ1n) is 8.56. The van der Waals surface area contributed by atoms with Crippen molar-refractivity contribution in [1.82, 2.24) is 4.90 Å². The van der Waals surface area contributed by atoms with E-state index >= 15 is 0 Å². The number of anilines is 2. The Morgan fingerprint density at radius 1 is 1.12 bits per heavy atom. The molecule has 0 radical (unpaired) electrons. The van der Waals surface area contributed by atoms with Gasteiger partial charge in [-0.15, -0.1) is 12.4 Å². The lowest BCUT2D eigenvalue weighted by Crippen LogP contribution is -2.43. The van der Waals surface area contributed by atoms with Crippen LogP contribution in [0, 0.1) is 12.8 Å². The van der Waals surface area contributed by atoms with Gasteiger partial charge in [0.25, 0.3) is 5.91 Å². The van der Waals surface area contributed by atoms with Crippen LogP contribution in [0.15, 0.2) is 48.5 Å². The number of aryl methyl sites for hydroxylation is 1. The number of halogens is 1. The van der Waals surface area contributed by atoms with E-state index in [0.29, 0.717) is 30.0 Å². The zero-order valence-electron chi connectivity index (χ0n) is 14.8. The number of carbonyl (C=O) groups is 2. The number of carbonyl (C=O) groups excluding carboxylic acids is 2. The minimum Gasteiger partial charge on any atom is -0.397 e. The number of para-hydroxylation sites is 2. The normalized spacial score (nSPS) is 16.5. The van der Waals surface area contributed by atoms with Gasteiger partial charge in [0.1, 0.15) is 0 Å². The highest BCUT2D eigenvalue weighted by Crippen LogP contribution is 2.23. The summed E-state index contributed by atoms with van der Waals surface area (Å²) in [6, 6.07) is 14.7. The van der Waals surface area contributed by atoms with Gasteiger partial charge in [-0.05, 0) is 44.0 Å². The van der Waals surface area contributed by atoms with E-state index in [2.05, 4.69) is 5.32 Å². The lowest BCUT2D eigenvalue weighted by molar-refractivity contribution is -0.121. The number of nitrogens with zero attached hydrogens (tertiary/aromatic N) is 1. The first kappa shape index (κ1) is 19.8. The van der Waals surface area contributed by atoms with E-state index in [4.69, 9.17) is 5.73 Å². The smallest absolute Gasteiger partial charge is 0.253 e. The summed E-state index contributed by atoms with van der Waals surface area (Å²) in [4.78, 5) is 27.0. The molecule has 0 aliphatic carbocycles. The van der Waals surface area contributed by atoms with Crippen molar-refractivity contribution >= 4 is 35.6 Å². The standard InChI is InChI=1S/C20H23N3O2.ClH/c1-14-8-10-15(11-9-14)20(25)23-12-4-5-16(13-23)19(24)22-18-7-3-2-6-17(18)21;/h2-3,6-11,16H,4-5,12-13,21H2,1H3,(H,22,24);1H. The molecule has 1 atom stereocenters. The van der Waals surface area contributed by atoms with Gasteiger partial charge < -0.3 is 16.0 Å². The second-order valence-corrected chi connectivity index (χ2v) is 6.53. The number of hydrogen-bond donors (Lipinski definition) is 2. The predicted octanol–water partition coefficient (Wildman–Crippen LogP) is 3.49. The minimum absolute atomic E-state index is 0. The van der Waals surface area contributed by atoms with Crippen molar-refractivity contribution in [2.75, 3.05) is 24.1 Å². The van der Waals surface area contributed by atoms with E-state index in [0.717, 1.165) is 18.4 Å². The third-order valence-corrected chi connectivity index (χ3v) is 4.60. The summed E-state index contributed by atoms with van der Waals surface area (Å²) in [5, 5.41) is 2.88. The first-order chi connectivity index (χ1) is 12.0. The van der Waals surface area contributed by atoms with Gasteiger partial charge in [-0.25, -0.2) is 0 Å². The molecule has 1 fully saturated rings.